The Kier molecular flexibility index (Phi) is 5.99. The van der Waals surface area contributed by atoms with Gasteiger partial charge in [0.25, 0.3) is 0 Å². The molecule has 0 aliphatic heterocycles. The topological polar surface area (TPSA) is 40.5 Å². The fourth-order valence-electron chi connectivity index (χ4n) is 0.675. The Morgan fingerprint density at radius 1 is 1.33 bits per heavy atom. The maximum Gasteiger partial charge on any atom is 0.0459 e. The third kappa shape index (κ3) is 4.43. The minimum Gasteiger partial charge on any atom is -0.397 e. The Morgan fingerprint density at radius 2 is 1.78 bits per heavy atom. The van der Waals surface area contributed by atoms with Crippen molar-refractivity contribution >= 4 is 0 Å². The Labute approximate surface area is 56.5 Å². The van der Waals surface area contributed by atoms with Crippen molar-refractivity contribution in [3.8, 4) is 0 Å². The number of hydrogen-bond donors (Lipinski definition) is 2. The highest BCUT2D eigenvalue weighted by molar-refractivity contribution is 4.66. The molecule has 0 aromatic heterocycles. The van der Waals surface area contributed by atoms with Crippen LogP contribution in [0.3, 0.4) is 0 Å². The molecule has 0 atom stereocenters. The lowest BCUT2D eigenvalue weighted by atomic mass is 9.86. The predicted molar refractivity (Wildman–Crippen MR) is 37.2 cm³/mol. The molecule has 2 heteroatoms. The Morgan fingerprint density at radius 3 is 1.78 bits per heavy atom. The quantitative estimate of drug-likeness (QED) is 0.553. The number of aliphatic hydroxyl groups is 2. The van der Waals surface area contributed by atoms with Crippen molar-refractivity contribution in [3.05, 3.63) is 0 Å². The van der Waals surface area contributed by atoms with Crippen molar-refractivity contribution in [2.24, 2.45) is 5.92 Å². The smallest absolute Gasteiger partial charge is 0.0459 e. The maximum absolute atomic E-state index is 8.39. The first-order valence-electron chi connectivity index (χ1n) is 3.56. The summed E-state index contributed by atoms with van der Waals surface area (Å²) in [6.07, 6.45) is 3.86. The Bertz CT molecular complexity index is 48.1. The Balaban J connectivity index is 0.000000187. The molecule has 1 saturated carbocycles. The molecule has 0 unspecified atom stereocenters. The summed E-state index contributed by atoms with van der Waals surface area (Å²) in [5.74, 6) is 0.671. The van der Waals surface area contributed by atoms with E-state index in [1.807, 2.05) is 0 Å². The summed E-state index contributed by atoms with van der Waals surface area (Å²) in [5, 5.41) is 16.0. The van der Waals surface area contributed by atoms with Crippen LogP contribution in [-0.2, 0) is 0 Å². The third-order valence-electron chi connectivity index (χ3n) is 1.48. The molecular weight excluding hydrogens is 116 g/mol. The van der Waals surface area contributed by atoms with Crippen molar-refractivity contribution in [2.75, 3.05) is 13.2 Å². The lowest BCUT2D eigenvalue weighted by Crippen LogP contribution is -2.14. The molecular formula is C7H16O2. The van der Waals surface area contributed by atoms with Crippen LogP contribution in [0.15, 0.2) is 0 Å². The van der Waals surface area contributed by atoms with Crippen LogP contribution in [0.4, 0.5) is 0 Å². The van der Waals surface area contributed by atoms with Gasteiger partial charge in [0.15, 0.2) is 0 Å². The molecule has 2 N–H and O–H groups in total. The highest BCUT2D eigenvalue weighted by Crippen LogP contribution is 2.24. The molecule has 1 aliphatic rings. The predicted octanol–water partition coefficient (Wildman–Crippen LogP) is 0.777. The summed E-state index contributed by atoms with van der Waals surface area (Å²) in [4.78, 5) is 0. The van der Waals surface area contributed by atoms with Crippen LogP contribution >= 0.6 is 0 Å². The van der Waals surface area contributed by atoms with E-state index in [0.717, 1.165) is 0 Å². The van der Waals surface area contributed by atoms with Gasteiger partial charge in [-0.25, -0.2) is 0 Å². The van der Waals surface area contributed by atoms with E-state index >= 15 is 0 Å². The molecule has 0 bridgehead atoms. The van der Waals surface area contributed by atoms with Crippen LogP contribution in [-0.4, -0.2) is 23.4 Å². The minimum atomic E-state index is 0.250. The second-order valence-electron chi connectivity index (χ2n) is 2.30. The van der Waals surface area contributed by atoms with Gasteiger partial charge in [0.05, 0.1) is 0 Å². The molecule has 0 spiro atoms. The van der Waals surface area contributed by atoms with Gasteiger partial charge in [-0.1, -0.05) is 6.42 Å². The van der Waals surface area contributed by atoms with Crippen molar-refractivity contribution in [1.29, 1.82) is 0 Å². The fraction of sp³-hybridized carbons (Fsp3) is 1.00. The zero-order valence-corrected chi connectivity index (χ0v) is 6.01. The van der Waals surface area contributed by atoms with E-state index < -0.39 is 0 Å². The first kappa shape index (κ1) is 8.92. The van der Waals surface area contributed by atoms with Crippen LogP contribution in [0.5, 0.6) is 0 Å². The molecule has 2 nitrogen and oxygen atoms in total. The molecule has 0 aromatic carbocycles. The van der Waals surface area contributed by atoms with E-state index in [2.05, 4.69) is 0 Å². The summed E-state index contributed by atoms with van der Waals surface area (Å²) in [6, 6.07) is 0. The van der Waals surface area contributed by atoms with E-state index in [1.54, 1.807) is 6.92 Å². The Hall–Kier alpha value is -0.0800. The van der Waals surface area contributed by atoms with E-state index in [1.165, 1.54) is 19.3 Å². The monoisotopic (exact) mass is 132 g/mol. The van der Waals surface area contributed by atoms with Gasteiger partial charge in [0.2, 0.25) is 0 Å². The van der Waals surface area contributed by atoms with Crippen LogP contribution in [0.1, 0.15) is 26.2 Å². The summed E-state index contributed by atoms with van der Waals surface area (Å²) in [5.41, 5.74) is 0. The lowest BCUT2D eigenvalue weighted by Gasteiger charge is -2.21. The number of rotatable bonds is 1. The SMILES string of the molecule is CCO.OCC1CCC1. The second kappa shape index (κ2) is 6.05. The molecule has 0 radical (unpaired) electrons. The molecule has 0 aromatic rings. The summed E-state index contributed by atoms with van der Waals surface area (Å²) in [6.45, 7) is 2.35. The highest BCUT2D eigenvalue weighted by Gasteiger charge is 2.14. The standard InChI is InChI=1S/C5H10O.C2H6O/c6-4-5-2-1-3-5;1-2-3/h5-6H,1-4H2;3H,2H2,1H3. The highest BCUT2D eigenvalue weighted by atomic mass is 16.3. The fourth-order valence-corrected chi connectivity index (χ4v) is 0.675. The van der Waals surface area contributed by atoms with Gasteiger partial charge in [-0.2, -0.15) is 0 Å². The first-order valence-corrected chi connectivity index (χ1v) is 3.56. The van der Waals surface area contributed by atoms with Crippen LogP contribution in [0, 0.1) is 5.92 Å². The normalized spacial score (nSPS) is 17.7. The van der Waals surface area contributed by atoms with Gasteiger partial charge in [-0.05, 0) is 25.7 Å². The molecule has 9 heavy (non-hydrogen) atoms. The molecule has 0 amide bonds. The van der Waals surface area contributed by atoms with Gasteiger partial charge in [0.1, 0.15) is 0 Å². The third-order valence-corrected chi connectivity index (χ3v) is 1.48. The molecule has 0 saturated heterocycles. The minimum absolute atomic E-state index is 0.250. The van der Waals surface area contributed by atoms with Crippen LogP contribution in [0.2, 0.25) is 0 Å². The van der Waals surface area contributed by atoms with Crippen LogP contribution < -0.4 is 0 Å². The molecule has 0 heterocycles. The average Bonchev–Trinajstić information content (AvgIpc) is 1.64. The molecule has 1 fully saturated rings. The zero-order chi connectivity index (χ0) is 7.11. The van der Waals surface area contributed by atoms with Crippen LogP contribution in [0.25, 0.3) is 0 Å². The van der Waals surface area contributed by atoms with E-state index in [0.29, 0.717) is 12.5 Å². The van der Waals surface area contributed by atoms with Gasteiger partial charge >= 0.3 is 0 Å². The second-order valence-corrected chi connectivity index (χ2v) is 2.30. The maximum atomic E-state index is 8.39. The van der Waals surface area contributed by atoms with E-state index in [9.17, 15) is 0 Å². The van der Waals surface area contributed by atoms with Gasteiger partial charge in [0, 0.05) is 13.2 Å². The number of aliphatic hydroxyl groups excluding tert-OH is 2. The first-order chi connectivity index (χ1) is 4.35. The van der Waals surface area contributed by atoms with Gasteiger partial charge in [-0.15, -0.1) is 0 Å². The molecule has 1 rings (SSSR count). The summed E-state index contributed by atoms with van der Waals surface area (Å²) in [7, 11) is 0. The van der Waals surface area contributed by atoms with Crippen molar-refractivity contribution in [2.45, 2.75) is 26.2 Å². The number of hydrogen-bond acceptors (Lipinski definition) is 2. The molecule has 56 valence electrons. The zero-order valence-electron chi connectivity index (χ0n) is 6.01. The summed E-state index contributed by atoms with van der Waals surface area (Å²) >= 11 is 0. The molecule has 1 aliphatic carbocycles. The summed E-state index contributed by atoms with van der Waals surface area (Å²) < 4.78 is 0. The van der Waals surface area contributed by atoms with Gasteiger partial charge < -0.3 is 10.2 Å². The largest absolute Gasteiger partial charge is 0.397 e. The van der Waals surface area contributed by atoms with E-state index in [-0.39, 0.29) is 6.61 Å². The van der Waals surface area contributed by atoms with E-state index in [4.69, 9.17) is 10.2 Å². The van der Waals surface area contributed by atoms with Crippen molar-refractivity contribution in [3.63, 3.8) is 0 Å². The van der Waals surface area contributed by atoms with Crippen molar-refractivity contribution in [1.82, 2.24) is 0 Å². The average molecular weight is 132 g/mol. The van der Waals surface area contributed by atoms with Gasteiger partial charge in [-0.3, -0.25) is 0 Å². The lowest BCUT2D eigenvalue weighted by molar-refractivity contribution is 0.163. The van der Waals surface area contributed by atoms with Crippen molar-refractivity contribution < 1.29 is 10.2 Å².